The minimum Gasteiger partial charge on any atom is -0.333 e. The van der Waals surface area contributed by atoms with Gasteiger partial charge in [0.05, 0.1) is 23.7 Å². The first-order chi connectivity index (χ1) is 20.0. The summed E-state index contributed by atoms with van der Waals surface area (Å²) in [5, 5.41) is 15.0. The molecule has 3 heterocycles. The molecule has 0 unspecified atom stereocenters. The van der Waals surface area contributed by atoms with E-state index in [9.17, 15) is 22.0 Å². The maximum Gasteiger partial charge on any atom is 0.320 e. The Morgan fingerprint density at radius 2 is 1.86 bits per heavy atom. The summed E-state index contributed by atoms with van der Waals surface area (Å²) in [6.45, 7) is 3.22. The zero-order valence-electron chi connectivity index (χ0n) is 23.6. The SMILES string of the molecule is Cc1c(-c2cnn(C)c2)nn(-c2ccccc2)c1NC(=O)N[C@@H]1CN(CCCS(C)(=O)=O)C[C@H]1c1ccc(F)c(F)c1. The third-order valence-electron chi connectivity index (χ3n) is 7.41. The first-order valence-corrected chi connectivity index (χ1v) is 15.6. The summed E-state index contributed by atoms with van der Waals surface area (Å²) >= 11 is 0. The van der Waals surface area contributed by atoms with Crippen LogP contribution in [0, 0.1) is 18.6 Å². The van der Waals surface area contributed by atoms with E-state index in [2.05, 4.69) is 15.7 Å². The van der Waals surface area contributed by atoms with Gasteiger partial charge in [-0.05, 0) is 49.7 Å². The first kappa shape index (κ1) is 29.4. The molecule has 0 aliphatic carbocycles. The normalized spacial score (nSPS) is 17.5. The van der Waals surface area contributed by atoms with Crippen LogP contribution in [0.25, 0.3) is 16.9 Å². The molecular weight excluding hydrogens is 564 g/mol. The molecule has 4 aromatic rings. The van der Waals surface area contributed by atoms with E-state index in [4.69, 9.17) is 5.10 Å². The van der Waals surface area contributed by atoms with Crippen LogP contribution in [0.3, 0.4) is 0 Å². The predicted molar refractivity (Wildman–Crippen MR) is 156 cm³/mol. The topological polar surface area (TPSA) is 114 Å². The van der Waals surface area contributed by atoms with Gasteiger partial charge < -0.3 is 10.2 Å². The molecule has 0 saturated carbocycles. The highest BCUT2D eigenvalue weighted by molar-refractivity contribution is 7.90. The Kier molecular flexibility index (Phi) is 8.41. The molecule has 1 aliphatic heterocycles. The van der Waals surface area contributed by atoms with Crippen LogP contribution in [0.2, 0.25) is 0 Å². The number of nitrogens with one attached hydrogen (secondary N) is 2. The van der Waals surface area contributed by atoms with Crippen molar-refractivity contribution in [2.45, 2.75) is 25.3 Å². The Balaban J connectivity index is 1.40. The number of likely N-dealkylation sites (tertiary alicyclic amines) is 1. The van der Waals surface area contributed by atoms with Gasteiger partial charge in [0, 0.05) is 49.6 Å². The number of rotatable bonds is 9. The van der Waals surface area contributed by atoms with Crippen LogP contribution in [0.4, 0.5) is 19.4 Å². The number of anilines is 1. The molecule has 2 amide bonds. The maximum absolute atomic E-state index is 14.2. The molecule has 42 heavy (non-hydrogen) atoms. The number of nitrogens with zero attached hydrogens (tertiary/aromatic N) is 5. The second kappa shape index (κ2) is 12.0. The number of hydrogen-bond donors (Lipinski definition) is 2. The second-order valence-corrected chi connectivity index (χ2v) is 13.0. The zero-order chi connectivity index (χ0) is 30.0. The van der Waals surface area contributed by atoms with Gasteiger partial charge in [0.25, 0.3) is 0 Å². The molecule has 2 N–H and O–H groups in total. The molecule has 0 radical (unpaired) electrons. The van der Waals surface area contributed by atoms with Crippen molar-refractivity contribution in [3.8, 4) is 16.9 Å². The quantitative estimate of drug-likeness (QED) is 0.303. The van der Waals surface area contributed by atoms with Gasteiger partial charge in [-0.15, -0.1) is 0 Å². The van der Waals surface area contributed by atoms with Crippen molar-refractivity contribution in [1.29, 1.82) is 0 Å². The summed E-state index contributed by atoms with van der Waals surface area (Å²) < 4.78 is 54.4. The Morgan fingerprint density at radius 3 is 2.52 bits per heavy atom. The van der Waals surface area contributed by atoms with Gasteiger partial charge in [-0.25, -0.2) is 26.7 Å². The predicted octanol–water partition coefficient (Wildman–Crippen LogP) is 3.88. The number of sulfone groups is 1. The van der Waals surface area contributed by atoms with E-state index >= 15 is 0 Å². The lowest BCUT2D eigenvalue weighted by molar-refractivity contribution is 0.247. The molecule has 1 aliphatic rings. The van der Waals surface area contributed by atoms with E-state index in [0.29, 0.717) is 43.1 Å². The van der Waals surface area contributed by atoms with Gasteiger partial charge in [-0.3, -0.25) is 10.00 Å². The number of aromatic nitrogens is 4. The Bertz CT molecular complexity index is 1690. The van der Waals surface area contributed by atoms with Gasteiger partial charge >= 0.3 is 6.03 Å². The molecule has 222 valence electrons. The Labute approximate surface area is 243 Å². The minimum absolute atomic E-state index is 0.0416. The number of carbonyl (C=O) groups excluding carboxylic acids is 1. The molecule has 10 nitrogen and oxygen atoms in total. The number of urea groups is 1. The van der Waals surface area contributed by atoms with Gasteiger partial charge in [-0.1, -0.05) is 24.3 Å². The number of amides is 2. The van der Waals surface area contributed by atoms with Gasteiger partial charge in [0.2, 0.25) is 0 Å². The number of hydrogen-bond acceptors (Lipinski definition) is 6. The minimum atomic E-state index is -3.12. The van der Waals surface area contributed by atoms with Crippen molar-refractivity contribution in [1.82, 2.24) is 29.8 Å². The van der Waals surface area contributed by atoms with E-state index in [0.717, 1.165) is 28.9 Å². The number of aryl methyl sites for hydroxylation is 1. The fourth-order valence-electron chi connectivity index (χ4n) is 5.37. The van der Waals surface area contributed by atoms with E-state index in [-0.39, 0.29) is 11.7 Å². The summed E-state index contributed by atoms with van der Waals surface area (Å²) in [7, 11) is -1.30. The lowest BCUT2D eigenvalue weighted by atomic mass is 9.94. The number of para-hydroxylation sites is 1. The van der Waals surface area contributed by atoms with Crippen LogP contribution < -0.4 is 10.6 Å². The molecule has 2 atom stereocenters. The highest BCUT2D eigenvalue weighted by Crippen LogP contribution is 2.32. The van der Waals surface area contributed by atoms with E-state index in [1.165, 1.54) is 12.3 Å². The van der Waals surface area contributed by atoms with Crippen molar-refractivity contribution in [2.75, 3.05) is 37.0 Å². The summed E-state index contributed by atoms with van der Waals surface area (Å²) in [6, 6.07) is 12.2. The van der Waals surface area contributed by atoms with Crippen molar-refractivity contribution in [2.24, 2.45) is 7.05 Å². The van der Waals surface area contributed by atoms with Crippen molar-refractivity contribution in [3.05, 3.63) is 83.7 Å². The van der Waals surface area contributed by atoms with Crippen LogP contribution in [0.1, 0.15) is 23.5 Å². The molecule has 2 aromatic heterocycles. The molecule has 2 aromatic carbocycles. The van der Waals surface area contributed by atoms with Crippen molar-refractivity contribution in [3.63, 3.8) is 0 Å². The fourth-order valence-corrected chi connectivity index (χ4v) is 6.03. The highest BCUT2D eigenvalue weighted by atomic mass is 32.2. The van der Waals surface area contributed by atoms with Crippen LogP contribution in [0.15, 0.2) is 60.9 Å². The lowest BCUT2D eigenvalue weighted by Crippen LogP contribution is -2.42. The average molecular weight is 598 g/mol. The Hall–Kier alpha value is -4.10. The number of carbonyl (C=O) groups is 1. The van der Waals surface area contributed by atoms with Gasteiger partial charge in [0.15, 0.2) is 11.6 Å². The monoisotopic (exact) mass is 597 g/mol. The van der Waals surface area contributed by atoms with Gasteiger partial charge in [0.1, 0.15) is 21.3 Å². The van der Waals surface area contributed by atoms with E-state index in [1.54, 1.807) is 15.6 Å². The molecule has 1 saturated heterocycles. The van der Waals surface area contributed by atoms with Crippen LogP contribution >= 0.6 is 0 Å². The molecule has 13 heteroatoms. The highest BCUT2D eigenvalue weighted by Gasteiger charge is 2.35. The smallest absolute Gasteiger partial charge is 0.320 e. The molecule has 0 bridgehead atoms. The first-order valence-electron chi connectivity index (χ1n) is 13.5. The second-order valence-electron chi connectivity index (χ2n) is 10.7. The summed E-state index contributed by atoms with van der Waals surface area (Å²) in [4.78, 5) is 15.5. The zero-order valence-corrected chi connectivity index (χ0v) is 24.4. The average Bonchev–Trinajstić information content (AvgIpc) is 3.63. The molecule has 1 fully saturated rings. The van der Waals surface area contributed by atoms with Crippen molar-refractivity contribution < 1.29 is 22.0 Å². The Morgan fingerprint density at radius 1 is 1.10 bits per heavy atom. The van der Waals surface area contributed by atoms with Crippen LogP contribution in [-0.4, -0.2) is 76.6 Å². The summed E-state index contributed by atoms with van der Waals surface area (Å²) in [5.41, 5.74) is 3.51. The fraction of sp³-hybridized carbons (Fsp3) is 0.345. The van der Waals surface area contributed by atoms with E-state index in [1.807, 2.05) is 55.4 Å². The molecule has 0 spiro atoms. The standard InChI is InChI=1S/C29H33F2N7O3S/c1-19-27(21-15-32-36(2)16-21)35-38(22-8-5-4-6-9-22)28(19)34-29(39)33-26-18-37(12-7-13-42(3,40)41)17-23(26)20-10-11-24(30)25(31)14-20/h4-6,8-11,14-16,23,26H,7,12-13,17-18H2,1-3H3,(H2,33,34,39)/t23-,26+/m0/s1. The molecular formula is C29H33F2N7O3S. The van der Waals surface area contributed by atoms with E-state index < -0.39 is 33.5 Å². The maximum atomic E-state index is 14.2. The summed E-state index contributed by atoms with van der Waals surface area (Å²) in [5.74, 6) is -1.73. The van der Waals surface area contributed by atoms with Gasteiger partial charge in [-0.2, -0.15) is 10.2 Å². The largest absolute Gasteiger partial charge is 0.333 e. The van der Waals surface area contributed by atoms with Crippen LogP contribution in [-0.2, 0) is 16.9 Å². The third-order valence-corrected chi connectivity index (χ3v) is 8.44. The number of benzene rings is 2. The lowest BCUT2D eigenvalue weighted by Gasteiger charge is -2.21. The third kappa shape index (κ3) is 6.68. The molecule has 5 rings (SSSR count). The summed E-state index contributed by atoms with van der Waals surface area (Å²) in [6.07, 6.45) is 5.17. The number of halogens is 2. The van der Waals surface area contributed by atoms with Crippen molar-refractivity contribution >= 4 is 21.7 Å². The van der Waals surface area contributed by atoms with Crippen LogP contribution in [0.5, 0.6) is 0 Å².